The fourth-order valence-corrected chi connectivity index (χ4v) is 3.83. The zero-order valence-corrected chi connectivity index (χ0v) is 13.2. The van der Waals surface area contributed by atoms with Crippen LogP contribution in [-0.2, 0) is 4.74 Å². The molecule has 2 rings (SSSR count). The van der Waals surface area contributed by atoms with Gasteiger partial charge in [0.25, 0.3) is 0 Å². The van der Waals surface area contributed by atoms with E-state index in [0.29, 0.717) is 19.5 Å². The number of rotatable bonds is 2. The molecule has 2 aliphatic rings. The molecule has 1 spiro atoms. The molecule has 1 heterocycles. The van der Waals surface area contributed by atoms with Gasteiger partial charge in [0.15, 0.2) is 0 Å². The van der Waals surface area contributed by atoms with Crippen molar-refractivity contribution in [2.75, 3.05) is 25.1 Å². The summed E-state index contributed by atoms with van der Waals surface area (Å²) in [7, 11) is 0. The average Bonchev–Trinajstić information content (AvgIpc) is 3.02. The van der Waals surface area contributed by atoms with Gasteiger partial charge in [0.05, 0.1) is 5.60 Å². The number of piperidine rings is 1. The van der Waals surface area contributed by atoms with E-state index in [1.165, 1.54) is 0 Å². The van der Waals surface area contributed by atoms with E-state index in [-0.39, 0.29) is 11.5 Å². The molecular weight excluding hydrogens is 262 g/mol. The molecule has 0 aromatic heterocycles. The summed E-state index contributed by atoms with van der Waals surface area (Å²) >= 11 is 1.68. The lowest BCUT2D eigenvalue weighted by Crippen LogP contribution is -2.56. The molecule has 1 unspecified atom stereocenters. The van der Waals surface area contributed by atoms with E-state index in [2.05, 4.69) is 0 Å². The van der Waals surface area contributed by atoms with Crippen molar-refractivity contribution >= 4 is 17.9 Å². The summed E-state index contributed by atoms with van der Waals surface area (Å²) in [6, 6.07) is 0. The molecule has 0 bridgehead atoms. The molecule has 19 heavy (non-hydrogen) atoms. The highest BCUT2D eigenvalue weighted by atomic mass is 32.2. The maximum absolute atomic E-state index is 12.1. The van der Waals surface area contributed by atoms with Crippen molar-refractivity contribution < 1.29 is 14.6 Å². The van der Waals surface area contributed by atoms with Gasteiger partial charge in [0.2, 0.25) is 0 Å². The molecular formula is C14H25NO3S. The Kier molecular flexibility index (Phi) is 3.82. The van der Waals surface area contributed by atoms with Gasteiger partial charge in [-0.1, -0.05) is 0 Å². The Morgan fingerprint density at radius 2 is 2.00 bits per heavy atom. The van der Waals surface area contributed by atoms with Crippen LogP contribution in [0.1, 0.15) is 40.0 Å². The van der Waals surface area contributed by atoms with E-state index in [4.69, 9.17) is 4.74 Å². The zero-order valence-electron chi connectivity index (χ0n) is 12.4. The first-order valence-corrected chi connectivity index (χ1v) is 8.30. The minimum atomic E-state index is -0.606. The smallest absolute Gasteiger partial charge is 0.410 e. The van der Waals surface area contributed by atoms with Crippen LogP contribution in [0.15, 0.2) is 0 Å². The molecule has 1 aliphatic carbocycles. The highest BCUT2D eigenvalue weighted by Gasteiger charge is 2.61. The SMILES string of the molecule is CSCC1(O)CCN(C(=O)OC(C)(C)C)CC12CC2. The van der Waals surface area contributed by atoms with Gasteiger partial charge in [-0.25, -0.2) is 4.79 Å². The standard InChI is InChI=1S/C14H25NO3S/c1-12(2,3)18-11(16)15-8-7-14(17,10-19-4)13(9-15)5-6-13/h17H,5-10H2,1-4H3. The predicted molar refractivity (Wildman–Crippen MR) is 77.4 cm³/mol. The number of likely N-dealkylation sites (tertiary alicyclic amines) is 1. The van der Waals surface area contributed by atoms with Crippen LogP contribution in [0.2, 0.25) is 0 Å². The molecule has 0 aromatic carbocycles. The topological polar surface area (TPSA) is 49.8 Å². The Morgan fingerprint density at radius 1 is 1.37 bits per heavy atom. The molecule has 110 valence electrons. The molecule has 1 amide bonds. The number of hydrogen-bond acceptors (Lipinski definition) is 4. The summed E-state index contributed by atoms with van der Waals surface area (Å²) in [5.74, 6) is 0.759. The second-order valence-electron chi connectivity index (χ2n) is 6.90. The summed E-state index contributed by atoms with van der Waals surface area (Å²) in [5.41, 5.74) is -1.14. The molecule has 0 aromatic rings. The lowest BCUT2D eigenvalue weighted by atomic mass is 9.79. The van der Waals surface area contributed by atoms with Gasteiger partial charge >= 0.3 is 6.09 Å². The Balaban J connectivity index is 2.01. The fourth-order valence-electron chi connectivity index (χ4n) is 2.90. The van der Waals surface area contributed by atoms with E-state index >= 15 is 0 Å². The van der Waals surface area contributed by atoms with Crippen LogP contribution in [0, 0.1) is 5.41 Å². The first-order valence-electron chi connectivity index (χ1n) is 6.91. The van der Waals surface area contributed by atoms with Crippen molar-refractivity contribution in [3.05, 3.63) is 0 Å². The number of thioether (sulfide) groups is 1. The average molecular weight is 287 g/mol. The van der Waals surface area contributed by atoms with Crippen molar-refractivity contribution in [2.24, 2.45) is 5.41 Å². The molecule has 1 atom stereocenters. The zero-order chi connectivity index (χ0) is 14.3. The van der Waals surface area contributed by atoms with Crippen molar-refractivity contribution in [1.82, 2.24) is 4.90 Å². The number of amides is 1. The second-order valence-corrected chi connectivity index (χ2v) is 7.76. The first-order chi connectivity index (χ1) is 8.71. The van der Waals surface area contributed by atoms with Gasteiger partial charge in [0, 0.05) is 24.3 Å². The van der Waals surface area contributed by atoms with Crippen LogP contribution in [0.3, 0.4) is 0 Å². The maximum Gasteiger partial charge on any atom is 0.410 e. The van der Waals surface area contributed by atoms with Crippen molar-refractivity contribution in [3.8, 4) is 0 Å². The molecule has 1 saturated carbocycles. The van der Waals surface area contributed by atoms with Crippen molar-refractivity contribution in [2.45, 2.75) is 51.2 Å². The number of aliphatic hydroxyl groups is 1. The number of carbonyl (C=O) groups is 1. The fraction of sp³-hybridized carbons (Fsp3) is 0.929. The third kappa shape index (κ3) is 3.02. The van der Waals surface area contributed by atoms with E-state index in [1.54, 1.807) is 16.7 Å². The van der Waals surface area contributed by atoms with E-state index in [0.717, 1.165) is 18.6 Å². The minimum absolute atomic E-state index is 0.0782. The Morgan fingerprint density at radius 3 is 2.47 bits per heavy atom. The summed E-state index contributed by atoms with van der Waals surface area (Å²) in [6.45, 7) is 6.87. The lowest BCUT2D eigenvalue weighted by molar-refractivity contribution is -0.0712. The van der Waals surface area contributed by atoms with E-state index in [9.17, 15) is 9.90 Å². The summed E-state index contributed by atoms with van der Waals surface area (Å²) in [6.07, 6.45) is 4.47. The van der Waals surface area contributed by atoms with Crippen LogP contribution in [0.5, 0.6) is 0 Å². The second kappa shape index (κ2) is 4.85. The normalized spacial score (nSPS) is 29.4. The Hall–Kier alpha value is -0.420. The van der Waals surface area contributed by atoms with Gasteiger partial charge in [-0.3, -0.25) is 0 Å². The van der Waals surface area contributed by atoms with E-state index < -0.39 is 11.2 Å². The third-order valence-corrected chi connectivity index (χ3v) is 4.93. The number of carbonyl (C=O) groups excluding carboxylic acids is 1. The number of hydrogen-bond donors (Lipinski definition) is 1. The van der Waals surface area contributed by atoms with Crippen LogP contribution in [0.25, 0.3) is 0 Å². The highest BCUT2D eigenvalue weighted by Crippen LogP contribution is 2.58. The summed E-state index contributed by atoms with van der Waals surface area (Å²) in [4.78, 5) is 13.9. The molecule has 2 fully saturated rings. The Labute approximate surface area is 119 Å². The van der Waals surface area contributed by atoms with Crippen LogP contribution in [0.4, 0.5) is 4.79 Å². The maximum atomic E-state index is 12.1. The number of ether oxygens (including phenoxy) is 1. The van der Waals surface area contributed by atoms with Crippen LogP contribution in [-0.4, -0.2) is 52.4 Å². The van der Waals surface area contributed by atoms with Gasteiger partial charge in [-0.2, -0.15) is 11.8 Å². The molecule has 0 radical (unpaired) electrons. The largest absolute Gasteiger partial charge is 0.444 e. The molecule has 5 heteroatoms. The van der Waals surface area contributed by atoms with Crippen LogP contribution < -0.4 is 0 Å². The summed E-state index contributed by atoms with van der Waals surface area (Å²) in [5, 5.41) is 10.8. The third-order valence-electron chi connectivity index (χ3n) is 4.16. The number of nitrogens with zero attached hydrogens (tertiary/aromatic N) is 1. The molecule has 1 aliphatic heterocycles. The monoisotopic (exact) mass is 287 g/mol. The molecule has 4 nitrogen and oxygen atoms in total. The van der Waals surface area contributed by atoms with Crippen molar-refractivity contribution in [1.29, 1.82) is 0 Å². The Bertz CT molecular complexity index is 362. The lowest BCUT2D eigenvalue weighted by Gasteiger charge is -2.45. The van der Waals surface area contributed by atoms with Gasteiger partial charge in [-0.15, -0.1) is 0 Å². The van der Waals surface area contributed by atoms with Crippen LogP contribution >= 0.6 is 11.8 Å². The van der Waals surface area contributed by atoms with Gasteiger partial charge in [0.1, 0.15) is 5.60 Å². The summed E-state index contributed by atoms with van der Waals surface area (Å²) < 4.78 is 5.43. The van der Waals surface area contributed by atoms with Crippen molar-refractivity contribution in [3.63, 3.8) is 0 Å². The molecule has 1 saturated heterocycles. The molecule has 1 N–H and O–H groups in total. The van der Waals surface area contributed by atoms with Gasteiger partial charge < -0.3 is 14.7 Å². The van der Waals surface area contributed by atoms with Gasteiger partial charge in [-0.05, 0) is 46.3 Å². The quantitative estimate of drug-likeness (QED) is 0.848. The first kappa shape index (κ1) is 15.0. The van der Waals surface area contributed by atoms with E-state index in [1.807, 2.05) is 27.0 Å². The predicted octanol–water partition coefficient (Wildman–Crippen LogP) is 2.50. The minimum Gasteiger partial charge on any atom is -0.444 e. The highest BCUT2D eigenvalue weighted by molar-refractivity contribution is 7.98.